The van der Waals surface area contributed by atoms with Crippen molar-refractivity contribution in [3.8, 4) is 6.07 Å². The zero-order valence-electron chi connectivity index (χ0n) is 16.9. The van der Waals surface area contributed by atoms with Gasteiger partial charge in [0.25, 0.3) is 5.91 Å². The fraction of sp³-hybridized carbons (Fsp3) is 0.591. The highest BCUT2D eigenvalue weighted by atomic mass is 19.1. The quantitative estimate of drug-likeness (QED) is 0.674. The lowest BCUT2D eigenvalue weighted by atomic mass is 9.70. The largest absolute Gasteiger partial charge is 0.455 e. The van der Waals surface area contributed by atoms with Crippen molar-refractivity contribution in [3.05, 3.63) is 30.1 Å². The van der Waals surface area contributed by atoms with Gasteiger partial charge in [-0.1, -0.05) is 20.8 Å². The van der Waals surface area contributed by atoms with E-state index in [1.165, 1.54) is 29.2 Å². The van der Waals surface area contributed by atoms with Crippen molar-refractivity contribution in [2.75, 3.05) is 18.1 Å². The first-order valence-corrected chi connectivity index (χ1v) is 9.82. The number of rotatable bonds is 6. The number of hydrogen-bond donors (Lipinski definition) is 0. The Balaban J connectivity index is 1.90. The summed E-state index contributed by atoms with van der Waals surface area (Å²) in [5.74, 6) is -0.727. The number of esters is 1. The van der Waals surface area contributed by atoms with E-state index in [-0.39, 0.29) is 36.9 Å². The molecule has 0 radical (unpaired) electrons. The number of carbonyl (C=O) groups excluding carboxylic acids is 2. The SMILES string of the molecule is CC(C)(C)C1CCC(C(=O)OCC(=O)N(CCC#N)c2ccc(F)cc2)CC1. The fourth-order valence-electron chi connectivity index (χ4n) is 3.70. The first-order valence-electron chi connectivity index (χ1n) is 9.82. The van der Waals surface area contributed by atoms with E-state index in [0.29, 0.717) is 11.6 Å². The van der Waals surface area contributed by atoms with Crippen LogP contribution >= 0.6 is 0 Å². The zero-order valence-corrected chi connectivity index (χ0v) is 16.9. The Morgan fingerprint density at radius 3 is 2.32 bits per heavy atom. The molecule has 0 saturated heterocycles. The molecule has 1 aliphatic carbocycles. The average Bonchev–Trinajstić information content (AvgIpc) is 2.67. The Morgan fingerprint density at radius 2 is 1.79 bits per heavy atom. The van der Waals surface area contributed by atoms with Gasteiger partial charge in [0.15, 0.2) is 6.61 Å². The number of nitriles is 1. The second-order valence-electron chi connectivity index (χ2n) is 8.45. The minimum Gasteiger partial charge on any atom is -0.455 e. The van der Waals surface area contributed by atoms with Crippen molar-refractivity contribution < 1.29 is 18.7 Å². The van der Waals surface area contributed by atoms with Crippen LogP contribution in [0.3, 0.4) is 0 Å². The Bertz CT molecular complexity index is 711. The van der Waals surface area contributed by atoms with Crippen molar-refractivity contribution >= 4 is 17.6 Å². The van der Waals surface area contributed by atoms with Gasteiger partial charge >= 0.3 is 5.97 Å². The highest BCUT2D eigenvalue weighted by Gasteiger charge is 2.33. The summed E-state index contributed by atoms with van der Waals surface area (Å²) in [4.78, 5) is 26.3. The summed E-state index contributed by atoms with van der Waals surface area (Å²) in [6.07, 6.45) is 3.67. The van der Waals surface area contributed by atoms with E-state index in [2.05, 4.69) is 20.8 Å². The maximum atomic E-state index is 13.1. The van der Waals surface area contributed by atoms with E-state index in [1.54, 1.807) is 0 Å². The molecule has 0 bridgehead atoms. The number of anilines is 1. The zero-order chi connectivity index (χ0) is 20.7. The van der Waals surface area contributed by atoms with Gasteiger partial charge < -0.3 is 9.64 Å². The lowest BCUT2D eigenvalue weighted by Crippen LogP contribution is -2.37. The van der Waals surface area contributed by atoms with Crippen molar-refractivity contribution in [2.24, 2.45) is 17.3 Å². The van der Waals surface area contributed by atoms with Crippen LogP contribution in [0.1, 0.15) is 52.9 Å². The second kappa shape index (κ2) is 9.68. The highest BCUT2D eigenvalue weighted by Crippen LogP contribution is 2.40. The average molecular weight is 388 g/mol. The summed E-state index contributed by atoms with van der Waals surface area (Å²) in [6.45, 7) is 6.46. The Morgan fingerprint density at radius 1 is 1.18 bits per heavy atom. The third kappa shape index (κ3) is 6.05. The molecule has 28 heavy (non-hydrogen) atoms. The van der Waals surface area contributed by atoms with Gasteiger partial charge in [0.05, 0.1) is 18.4 Å². The molecule has 1 amide bonds. The number of benzene rings is 1. The Kier molecular flexibility index (Phi) is 7.56. The molecule has 1 saturated carbocycles. The van der Waals surface area contributed by atoms with Crippen LogP contribution in [0.15, 0.2) is 24.3 Å². The van der Waals surface area contributed by atoms with Crippen LogP contribution in [0.2, 0.25) is 0 Å². The van der Waals surface area contributed by atoms with Gasteiger partial charge in [0, 0.05) is 12.2 Å². The predicted molar refractivity (Wildman–Crippen MR) is 105 cm³/mol. The second-order valence-corrected chi connectivity index (χ2v) is 8.45. The molecule has 2 rings (SSSR count). The normalized spacial score (nSPS) is 19.5. The monoisotopic (exact) mass is 388 g/mol. The molecule has 0 unspecified atom stereocenters. The summed E-state index contributed by atoms with van der Waals surface area (Å²) in [5.41, 5.74) is 0.713. The molecule has 0 aliphatic heterocycles. The van der Waals surface area contributed by atoms with E-state index in [1.807, 2.05) is 6.07 Å². The van der Waals surface area contributed by atoms with Crippen LogP contribution in [0, 0.1) is 34.4 Å². The molecule has 0 heterocycles. The number of hydrogen-bond acceptors (Lipinski definition) is 4. The van der Waals surface area contributed by atoms with Crippen molar-refractivity contribution in [2.45, 2.75) is 52.9 Å². The molecule has 1 fully saturated rings. The first kappa shape index (κ1) is 21.9. The number of amides is 1. The smallest absolute Gasteiger partial charge is 0.309 e. The standard InChI is InChI=1S/C22H29FN2O3/c1-22(2,3)17-7-5-16(6-8-17)21(27)28-15-20(26)25(14-4-13-24)19-11-9-18(23)10-12-19/h9-12,16-17H,4-8,14-15H2,1-3H3. The molecular formula is C22H29FN2O3. The number of ether oxygens (including phenoxy) is 1. The van der Waals surface area contributed by atoms with Gasteiger partial charge in [-0.3, -0.25) is 9.59 Å². The van der Waals surface area contributed by atoms with Crippen LogP contribution < -0.4 is 4.90 Å². The Labute approximate surface area is 166 Å². The number of carbonyl (C=O) groups is 2. The summed E-state index contributed by atoms with van der Waals surface area (Å²) in [7, 11) is 0. The van der Waals surface area contributed by atoms with Gasteiger partial charge in [-0.05, 0) is 61.3 Å². The van der Waals surface area contributed by atoms with E-state index in [4.69, 9.17) is 10.00 Å². The van der Waals surface area contributed by atoms with Crippen LogP contribution in [0.25, 0.3) is 0 Å². The van der Waals surface area contributed by atoms with Crippen LogP contribution in [-0.4, -0.2) is 25.0 Å². The molecule has 1 aromatic carbocycles. The maximum Gasteiger partial charge on any atom is 0.309 e. The molecule has 1 aromatic rings. The van der Waals surface area contributed by atoms with E-state index < -0.39 is 11.7 Å². The number of halogens is 1. The molecule has 1 aliphatic rings. The molecular weight excluding hydrogens is 359 g/mol. The highest BCUT2D eigenvalue weighted by molar-refractivity contribution is 5.95. The Hall–Kier alpha value is -2.42. The minimum absolute atomic E-state index is 0.133. The van der Waals surface area contributed by atoms with Crippen LogP contribution in [-0.2, 0) is 14.3 Å². The van der Waals surface area contributed by atoms with Crippen molar-refractivity contribution in [1.29, 1.82) is 5.26 Å². The van der Waals surface area contributed by atoms with Crippen LogP contribution in [0.5, 0.6) is 0 Å². The van der Waals surface area contributed by atoms with Crippen LogP contribution in [0.4, 0.5) is 10.1 Å². The van der Waals surface area contributed by atoms with E-state index in [0.717, 1.165) is 25.7 Å². The minimum atomic E-state index is -0.418. The molecule has 5 nitrogen and oxygen atoms in total. The van der Waals surface area contributed by atoms with Gasteiger partial charge in [-0.2, -0.15) is 5.26 Å². The number of nitrogens with zero attached hydrogens (tertiary/aromatic N) is 2. The molecule has 0 spiro atoms. The third-order valence-corrected chi connectivity index (χ3v) is 5.51. The van der Waals surface area contributed by atoms with Gasteiger partial charge in [-0.25, -0.2) is 4.39 Å². The third-order valence-electron chi connectivity index (χ3n) is 5.51. The lowest BCUT2D eigenvalue weighted by molar-refractivity contribution is -0.153. The molecule has 6 heteroatoms. The van der Waals surface area contributed by atoms with Crippen molar-refractivity contribution in [3.63, 3.8) is 0 Å². The van der Waals surface area contributed by atoms with Gasteiger partial charge in [-0.15, -0.1) is 0 Å². The lowest BCUT2D eigenvalue weighted by Gasteiger charge is -2.36. The van der Waals surface area contributed by atoms with E-state index >= 15 is 0 Å². The van der Waals surface area contributed by atoms with Gasteiger partial charge in [0.2, 0.25) is 0 Å². The topological polar surface area (TPSA) is 70.4 Å². The fourth-order valence-corrected chi connectivity index (χ4v) is 3.70. The summed E-state index contributed by atoms with van der Waals surface area (Å²) < 4.78 is 18.4. The summed E-state index contributed by atoms with van der Waals surface area (Å²) in [5, 5.41) is 8.82. The molecule has 0 aromatic heterocycles. The molecule has 0 atom stereocenters. The van der Waals surface area contributed by atoms with Gasteiger partial charge in [0.1, 0.15) is 5.82 Å². The van der Waals surface area contributed by atoms with Crippen molar-refractivity contribution in [1.82, 2.24) is 0 Å². The molecule has 0 N–H and O–H groups in total. The summed E-state index contributed by atoms with van der Waals surface area (Å²) >= 11 is 0. The first-order chi connectivity index (χ1) is 13.2. The predicted octanol–water partition coefficient (Wildman–Crippen LogP) is 4.47. The summed E-state index contributed by atoms with van der Waals surface area (Å²) in [6, 6.07) is 7.44. The molecule has 152 valence electrons. The maximum absolute atomic E-state index is 13.1. The van der Waals surface area contributed by atoms with E-state index in [9.17, 15) is 14.0 Å².